The molecule has 0 spiro atoms. The number of benzene rings is 1. The van der Waals surface area contributed by atoms with Crippen LogP contribution in [0.4, 0.5) is 0 Å². The number of carbonyl (C=O) groups is 4. The topological polar surface area (TPSA) is 178 Å². The van der Waals surface area contributed by atoms with E-state index < -0.39 is 58.0 Å². The summed E-state index contributed by atoms with van der Waals surface area (Å²) < 4.78 is 0. The molecule has 0 aliphatic heterocycles. The molecule has 0 bridgehead atoms. The standard InChI is InChI=1S/C27H32N2O8/c1-5-12-8-13(7-6-11(2)30)21(31)18-15(12)9-14-10-16-20(29(3)4)23(33)19(26(28)36)25(35)27(16,37)24(34)17(14)22(18)32/h8,14,16,20,31-32,35,37H,5-7,9-10H2,1-4H3,(H2,28,36)/t14-,16-,20?,27+/m1/s1. The largest absolute Gasteiger partial charge is 0.508 e. The molecule has 1 unspecified atom stereocenters. The Balaban J connectivity index is 1.95. The Bertz CT molecular complexity index is 1310. The third-order valence-electron chi connectivity index (χ3n) is 8.02. The van der Waals surface area contributed by atoms with E-state index >= 15 is 0 Å². The minimum absolute atomic E-state index is 0.0434. The van der Waals surface area contributed by atoms with Crippen LogP contribution in [-0.2, 0) is 38.4 Å². The molecule has 1 amide bonds. The van der Waals surface area contributed by atoms with Crippen molar-refractivity contribution in [1.29, 1.82) is 0 Å². The van der Waals surface area contributed by atoms with Gasteiger partial charge in [-0.2, -0.15) is 0 Å². The second-order valence-corrected chi connectivity index (χ2v) is 10.4. The number of phenolic OH excluding ortho intramolecular Hbond substituents is 1. The Morgan fingerprint density at radius 3 is 2.35 bits per heavy atom. The van der Waals surface area contributed by atoms with Crippen molar-refractivity contribution >= 4 is 29.0 Å². The summed E-state index contributed by atoms with van der Waals surface area (Å²) in [6, 6.07) is 0.682. The van der Waals surface area contributed by atoms with Crippen LogP contribution in [0, 0.1) is 11.8 Å². The summed E-state index contributed by atoms with van der Waals surface area (Å²) in [5, 5.41) is 45.0. The molecule has 1 aromatic rings. The lowest BCUT2D eigenvalue weighted by Crippen LogP contribution is -2.65. The summed E-state index contributed by atoms with van der Waals surface area (Å²) in [5.74, 6) is -6.78. The summed E-state index contributed by atoms with van der Waals surface area (Å²) in [6.07, 6.45) is 1.28. The van der Waals surface area contributed by atoms with Crippen LogP contribution in [0.25, 0.3) is 5.76 Å². The Morgan fingerprint density at radius 2 is 1.81 bits per heavy atom. The number of aliphatic hydroxyl groups excluding tert-OH is 2. The highest BCUT2D eigenvalue weighted by Gasteiger charge is 2.64. The lowest BCUT2D eigenvalue weighted by atomic mass is 9.57. The number of hydrogen-bond donors (Lipinski definition) is 5. The average molecular weight is 513 g/mol. The number of Topliss-reactive ketones (excluding diaryl/α,β-unsaturated/α-hetero) is 3. The van der Waals surface area contributed by atoms with Gasteiger partial charge in [0.05, 0.1) is 11.6 Å². The van der Waals surface area contributed by atoms with Crippen LogP contribution in [0.5, 0.6) is 5.75 Å². The maximum atomic E-state index is 13.9. The number of primary amides is 1. The molecule has 4 atom stereocenters. The lowest BCUT2D eigenvalue weighted by Gasteiger charge is -2.50. The zero-order chi connectivity index (χ0) is 27.6. The van der Waals surface area contributed by atoms with Crippen LogP contribution in [0.15, 0.2) is 23.0 Å². The summed E-state index contributed by atoms with van der Waals surface area (Å²) >= 11 is 0. The van der Waals surface area contributed by atoms with E-state index in [1.807, 2.05) is 6.92 Å². The van der Waals surface area contributed by atoms with Gasteiger partial charge in [0.1, 0.15) is 28.6 Å². The molecule has 1 fully saturated rings. The highest BCUT2D eigenvalue weighted by molar-refractivity contribution is 6.24. The first-order valence-electron chi connectivity index (χ1n) is 12.3. The van der Waals surface area contributed by atoms with Gasteiger partial charge in [0.25, 0.3) is 5.91 Å². The number of phenols is 1. The molecule has 6 N–H and O–H groups in total. The van der Waals surface area contributed by atoms with Crippen LogP contribution in [0.1, 0.15) is 48.9 Å². The van der Waals surface area contributed by atoms with Crippen molar-refractivity contribution in [2.24, 2.45) is 17.6 Å². The SMILES string of the molecule is CCc1cc(CCC(C)=O)c(O)c2c1C[C@@H]1C[C@@H]3C(N(C)C)C(=O)C(C(N)=O)=C(O)[C@@]3(O)C(=O)C1=C2O. The maximum absolute atomic E-state index is 13.9. The van der Waals surface area contributed by atoms with E-state index in [2.05, 4.69) is 0 Å². The summed E-state index contributed by atoms with van der Waals surface area (Å²) in [4.78, 5) is 52.1. The third kappa shape index (κ3) is 3.77. The molecular weight excluding hydrogens is 480 g/mol. The van der Waals surface area contributed by atoms with Gasteiger partial charge in [-0.15, -0.1) is 0 Å². The summed E-state index contributed by atoms with van der Waals surface area (Å²) in [7, 11) is 3.12. The molecule has 0 radical (unpaired) electrons. The second kappa shape index (κ2) is 9.11. The fraction of sp³-hybridized carbons (Fsp3) is 0.481. The molecule has 1 aromatic carbocycles. The number of amides is 1. The van der Waals surface area contributed by atoms with E-state index in [-0.39, 0.29) is 48.4 Å². The van der Waals surface area contributed by atoms with E-state index in [4.69, 9.17) is 5.73 Å². The predicted molar refractivity (Wildman–Crippen MR) is 133 cm³/mol. The lowest BCUT2D eigenvalue weighted by molar-refractivity contribution is -0.153. The second-order valence-electron chi connectivity index (χ2n) is 10.4. The molecular formula is C27H32N2O8. The van der Waals surface area contributed by atoms with Crippen LogP contribution in [0.3, 0.4) is 0 Å². The van der Waals surface area contributed by atoms with Crippen molar-refractivity contribution < 1.29 is 39.6 Å². The number of aryl methyl sites for hydroxylation is 2. The quantitative estimate of drug-likeness (QED) is 0.348. The van der Waals surface area contributed by atoms with Gasteiger partial charge in [-0.25, -0.2) is 0 Å². The number of hydrogen-bond acceptors (Lipinski definition) is 9. The van der Waals surface area contributed by atoms with Crippen molar-refractivity contribution in [1.82, 2.24) is 4.90 Å². The number of likely N-dealkylation sites (N-methyl/N-ethyl adjacent to an activating group) is 1. The number of carbonyl (C=O) groups excluding carboxylic acids is 4. The van der Waals surface area contributed by atoms with Crippen molar-refractivity contribution in [2.75, 3.05) is 14.1 Å². The fourth-order valence-electron chi connectivity index (χ4n) is 6.27. The molecule has 37 heavy (non-hydrogen) atoms. The first-order chi connectivity index (χ1) is 17.3. The molecule has 4 rings (SSSR count). The molecule has 0 saturated heterocycles. The normalized spacial score (nSPS) is 27.2. The van der Waals surface area contributed by atoms with E-state index in [1.165, 1.54) is 11.8 Å². The van der Waals surface area contributed by atoms with Gasteiger partial charge in [0.2, 0.25) is 5.78 Å². The van der Waals surface area contributed by atoms with Crippen LogP contribution in [0.2, 0.25) is 0 Å². The predicted octanol–water partition coefficient (Wildman–Crippen LogP) is 1.05. The first-order valence-corrected chi connectivity index (χ1v) is 12.3. The number of nitrogens with zero attached hydrogens (tertiary/aromatic N) is 1. The molecule has 198 valence electrons. The molecule has 3 aliphatic rings. The van der Waals surface area contributed by atoms with Gasteiger partial charge in [-0.1, -0.05) is 13.0 Å². The van der Waals surface area contributed by atoms with E-state index in [9.17, 15) is 39.6 Å². The molecule has 0 heterocycles. The van der Waals surface area contributed by atoms with Crippen molar-refractivity contribution in [3.05, 3.63) is 45.2 Å². The molecule has 10 heteroatoms. The van der Waals surface area contributed by atoms with Crippen molar-refractivity contribution in [3.8, 4) is 5.75 Å². The number of aromatic hydroxyl groups is 1. The Kier molecular flexibility index (Phi) is 6.54. The van der Waals surface area contributed by atoms with Crippen LogP contribution >= 0.6 is 0 Å². The highest BCUT2D eigenvalue weighted by atomic mass is 16.3. The number of ketones is 3. The maximum Gasteiger partial charge on any atom is 0.255 e. The minimum atomic E-state index is -2.67. The smallest absolute Gasteiger partial charge is 0.255 e. The Hall–Kier alpha value is -3.50. The van der Waals surface area contributed by atoms with E-state index in [1.54, 1.807) is 20.2 Å². The monoisotopic (exact) mass is 512 g/mol. The number of fused-ring (bicyclic) bond motifs is 3. The van der Waals surface area contributed by atoms with Gasteiger partial charge in [0.15, 0.2) is 11.4 Å². The van der Waals surface area contributed by atoms with Crippen LogP contribution in [-0.4, -0.2) is 74.3 Å². The fourth-order valence-corrected chi connectivity index (χ4v) is 6.27. The Labute approximate surface area is 214 Å². The summed E-state index contributed by atoms with van der Waals surface area (Å²) in [6.45, 7) is 3.35. The molecule has 1 saturated carbocycles. The highest BCUT2D eigenvalue weighted by Crippen LogP contribution is 2.53. The number of nitrogens with two attached hydrogens (primary N) is 1. The van der Waals surface area contributed by atoms with Crippen molar-refractivity contribution in [3.63, 3.8) is 0 Å². The number of aliphatic hydroxyl groups is 3. The van der Waals surface area contributed by atoms with Gasteiger partial charge < -0.3 is 31.0 Å². The molecule has 10 nitrogen and oxygen atoms in total. The van der Waals surface area contributed by atoms with E-state index in [0.29, 0.717) is 17.5 Å². The average Bonchev–Trinajstić information content (AvgIpc) is 2.80. The Morgan fingerprint density at radius 1 is 1.16 bits per heavy atom. The zero-order valence-electron chi connectivity index (χ0n) is 21.3. The van der Waals surface area contributed by atoms with Gasteiger partial charge >= 0.3 is 0 Å². The molecule has 3 aliphatic carbocycles. The minimum Gasteiger partial charge on any atom is -0.508 e. The zero-order valence-corrected chi connectivity index (χ0v) is 21.3. The third-order valence-corrected chi connectivity index (χ3v) is 8.02. The molecule has 0 aromatic heterocycles. The van der Waals surface area contributed by atoms with Gasteiger partial charge in [-0.3, -0.25) is 19.3 Å². The summed E-state index contributed by atoms with van der Waals surface area (Å²) in [5.41, 5.74) is 3.65. The van der Waals surface area contributed by atoms with Gasteiger partial charge in [0, 0.05) is 17.9 Å². The first kappa shape index (κ1) is 26.6. The van der Waals surface area contributed by atoms with Gasteiger partial charge in [-0.05, 0) is 69.3 Å². The van der Waals surface area contributed by atoms with Crippen molar-refractivity contribution in [2.45, 2.75) is 57.6 Å². The van der Waals surface area contributed by atoms with Crippen LogP contribution < -0.4 is 5.73 Å². The number of rotatable bonds is 6. The van der Waals surface area contributed by atoms with E-state index in [0.717, 1.165) is 5.56 Å².